The highest BCUT2D eigenvalue weighted by Crippen LogP contribution is 2.33. The molecule has 5 nitrogen and oxygen atoms in total. The number of amides is 2. The van der Waals surface area contributed by atoms with Crippen molar-refractivity contribution < 1.29 is 14.7 Å². The Hall–Kier alpha value is -2.66. The van der Waals surface area contributed by atoms with Gasteiger partial charge in [-0.1, -0.05) is 62.4 Å². The van der Waals surface area contributed by atoms with Crippen LogP contribution in [0.3, 0.4) is 0 Å². The molecule has 1 fully saturated rings. The van der Waals surface area contributed by atoms with Crippen molar-refractivity contribution in [3.63, 3.8) is 0 Å². The number of rotatable bonds is 5. The van der Waals surface area contributed by atoms with Crippen LogP contribution in [0.25, 0.3) is 0 Å². The van der Waals surface area contributed by atoms with Gasteiger partial charge in [-0.2, -0.15) is 0 Å². The molecule has 2 amide bonds. The van der Waals surface area contributed by atoms with Gasteiger partial charge in [-0.15, -0.1) is 0 Å². The molecule has 0 radical (unpaired) electrons. The van der Waals surface area contributed by atoms with Crippen molar-refractivity contribution in [2.45, 2.75) is 38.3 Å². The first-order chi connectivity index (χ1) is 13.4. The molecular formula is C23H28N2O3. The van der Waals surface area contributed by atoms with E-state index < -0.39 is 11.6 Å². The van der Waals surface area contributed by atoms with E-state index in [1.807, 2.05) is 50.2 Å². The largest absolute Gasteiger partial charge is 0.385 e. The molecule has 2 aromatic carbocycles. The number of piperidine rings is 1. The fourth-order valence-corrected chi connectivity index (χ4v) is 3.66. The third-order valence-corrected chi connectivity index (χ3v) is 5.47. The highest BCUT2D eigenvalue weighted by molar-refractivity contribution is 5.97. The molecule has 2 aromatic rings. The molecule has 28 heavy (non-hydrogen) atoms. The average molecular weight is 380 g/mol. The second-order valence-corrected chi connectivity index (χ2v) is 7.78. The minimum absolute atomic E-state index is 0.0323. The molecule has 0 aliphatic carbocycles. The molecule has 1 saturated heterocycles. The normalized spacial score (nSPS) is 17.2. The lowest BCUT2D eigenvalue weighted by molar-refractivity contribution is -0.138. The van der Waals surface area contributed by atoms with Crippen LogP contribution in [0.1, 0.15) is 42.6 Å². The van der Waals surface area contributed by atoms with Gasteiger partial charge < -0.3 is 15.3 Å². The topological polar surface area (TPSA) is 69.6 Å². The van der Waals surface area contributed by atoms with Crippen LogP contribution >= 0.6 is 0 Å². The number of hydrogen-bond acceptors (Lipinski definition) is 3. The van der Waals surface area contributed by atoms with Crippen LogP contribution in [0.4, 0.5) is 0 Å². The average Bonchev–Trinajstić information content (AvgIpc) is 2.73. The lowest BCUT2D eigenvalue weighted by Gasteiger charge is -2.40. The molecule has 0 unspecified atom stereocenters. The van der Waals surface area contributed by atoms with Crippen LogP contribution in [-0.4, -0.2) is 41.0 Å². The summed E-state index contributed by atoms with van der Waals surface area (Å²) in [6.07, 6.45) is 0.973. The Labute approximate surface area is 166 Å². The fraction of sp³-hybridized carbons (Fsp3) is 0.391. The van der Waals surface area contributed by atoms with Crippen LogP contribution in [0, 0.1) is 5.92 Å². The smallest absolute Gasteiger partial charge is 0.251 e. The number of hydrogen-bond donors (Lipinski definition) is 2. The second-order valence-electron chi connectivity index (χ2n) is 7.78. The first kappa shape index (κ1) is 20.1. The van der Waals surface area contributed by atoms with Gasteiger partial charge in [0.1, 0.15) is 6.04 Å². The number of likely N-dealkylation sites (tertiary alicyclic amines) is 1. The molecule has 2 N–H and O–H groups in total. The number of benzene rings is 2. The van der Waals surface area contributed by atoms with Crippen molar-refractivity contribution in [1.29, 1.82) is 0 Å². The Balaban J connectivity index is 1.65. The lowest BCUT2D eigenvalue weighted by atomic mass is 9.84. The van der Waals surface area contributed by atoms with Gasteiger partial charge in [0.15, 0.2) is 0 Å². The van der Waals surface area contributed by atoms with Gasteiger partial charge in [-0.05, 0) is 36.5 Å². The molecule has 1 aliphatic heterocycles. The predicted octanol–water partition coefficient (Wildman–Crippen LogP) is 2.95. The Morgan fingerprint density at radius 2 is 1.50 bits per heavy atom. The zero-order chi connectivity index (χ0) is 20.1. The van der Waals surface area contributed by atoms with Crippen molar-refractivity contribution in [2.75, 3.05) is 13.1 Å². The van der Waals surface area contributed by atoms with Gasteiger partial charge in [0.05, 0.1) is 5.60 Å². The van der Waals surface area contributed by atoms with Gasteiger partial charge in [-0.3, -0.25) is 9.59 Å². The molecular weight excluding hydrogens is 352 g/mol. The molecule has 1 atom stereocenters. The molecule has 148 valence electrons. The Morgan fingerprint density at radius 3 is 2.04 bits per heavy atom. The van der Waals surface area contributed by atoms with Crippen molar-refractivity contribution in [1.82, 2.24) is 10.2 Å². The van der Waals surface area contributed by atoms with Crippen LogP contribution in [-0.2, 0) is 10.4 Å². The van der Waals surface area contributed by atoms with Crippen molar-refractivity contribution in [3.8, 4) is 0 Å². The Bertz CT molecular complexity index is 797. The number of carbonyl (C=O) groups excluding carboxylic acids is 2. The van der Waals surface area contributed by atoms with E-state index in [4.69, 9.17) is 0 Å². The first-order valence-electron chi connectivity index (χ1n) is 9.83. The van der Waals surface area contributed by atoms with Crippen LogP contribution in [0.5, 0.6) is 0 Å². The maximum Gasteiger partial charge on any atom is 0.251 e. The lowest BCUT2D eigenvalue weighted by Crippen LogP contribution is -2.54. The summed E-state index contributed by atoms with van der Waals surface area (Å²) < 4.78 is 0. The summed E-state index contributed by atoms with van der Waals surface area (Å²) in [5.41, 5.74) is 0.525. The van der Waals surface area contributed by atoms with E-state index in [1.54, 1.807) is 29.2 Å². The first-order valence-corrected chi connectivity index (χ1v) is 9.83. The minimum atomic E-state index is -0.904. The molecule has 0 saturated carbocycles. The third kappa shape index (κ3) is 4.42. The zero-order valence-corrected chi connectivity index (χ0v) is 16.5. The van der Waals surface area contributed by atoms with Gasteiger partial charge in [0.25, 0.3) is 5.91 Å². The molecule has 0 aromatic heterocycles. The zero-order valence-electron chi connectivity index (χ0n) is 16.5. The summed E-state index contributed by atoms with van der Waals surface area (Å²) in [5.74, 6) is -0.366. The molecule has 0 bridgehead atoms. The summed E-state index contributed by atoms with van der Waals surface area (Å²) in [5, 5.41) is 13.9. The molecule has 5 heteroatoms. The van der Waals surface area contributed by atoms with Gasteiger partial charge in [-0.25, -0.2) is 0 Å². The Morgan fingerprint density at radius 1 is 0.964 bits per heavy atom. The SMILES string of the molecule is CC(C)[C@H](NC(=O)c1ccccc1)C(=O)N1CCC(O)(c2ccccc2)CC1. The predicted molar refractivity (Wildman–Crippen MR) is 109 cm³/mol. The fourth-order valence-electron chi connectivity index (χ4n) is 3.66. The minimum Gasteiger partial charge on any atom is -0.385 e. The van der Waals surface area contributed by atoms with E-state index in [-0.39, 0.29) is 17.7 Å². The standard InChI is InChI=1S/C23H28N2O3/c1-17(2)20(24-21(26)18-9-5-3-6-10-18)22(27)25-15-13-23(28,14-16-25)19-11-7-4-8-12-19/h3-12,17,20,28H,13-16H2,1-2H3,(H,24,26)/t20-/m0/s1. The molecule has 1 heterocycles. The quantitative estimate of drug-likeness (QED) is 0.838. The van der Waals surface area contributed by atoms with E-state index in [2.05, 4.69) is 5.32 Å². The summed E-state index contributed by atoms with van der Waals surface area (Å²) in [6, 6.07) is 17.9. The van der Waals surface area contributed by atoms with E-state index >= 15 is 0 Å². The van der Waals surface area contributed by atoms with Crippen LogP contribution in [0.2, 0.25) is 0 Å². The van der Waals surface area contributed by atoms with Crippen molar-refractivity contribution >= 4 is 11.8 Å². The van der Waals surface area contributed by atoms with E-state index in [1.165, 1.54) is 0 Å². The van der Waals surface area contributed by atoms with Crippen molar-refractivity contribution in [3.05, 3.63) is 71.8 Å². The summed E-state index contributed by atoms with van der Waals surface area (Å²) in [7, 11) is 0. The summed E-state index contributed by atoms with van der Waals surface area (Å²) in [6.45, 7) is 4.79. The van der Waals surface area contributed by atoms with Gasteiger partial charge >= 0.3 is 0 Å². The summed E-state index contributed by atoms with van der Waals surface area (Å²) >= 11 is 0. The highest BCUT2D eigenvalue weighted by Gasteiger charge is 2.37. The van der Waals surface area contributed by atoms with E-state index in [9.17, 15) is 14.7 Å². The number of nitrogens with one attached hydrogen (secondary N) is 1. The van der Waals surface area contributed by atoms with Gasteiger partial charge in [0.2, 0.25) is 5.91 Å². The van der Waals surface area contributed by atoms with Crippen LogP contribution in [0.15, 0.2) is 60.7 Å². The number of carbonyl (C=O) groups is 2. The van der Waals surface area contributed by atoms with E-state index in [0.29, 0.717) is 31.5 Å². The Kier molecular flexibility index (Phi) is 6.15. The molecule has 3 rings (SSSR count). The number of nitrogens with zero attached hydrogens (tertiary/aromatic N) is 1. The second kappa shape index (κ2) is 8.57. The maximum absolute atomic E-state index is 13.1. The molecule has 1 aliphatic rings. The molecule has 0 spiro atoms. The van der Waals surface area contributed by atoms with Crippen LogP contribution < -0.4 is 5.32 Å². The third-order valence-electron chi connectivity index (χ3n) is 5.47. The highest BCUT2D eigenvalue weighted by atomic mass is 16.3. The summed E-state index contributed by atoms with van der Waals surface area (Å²) in [4.78, 5) is 27.4. The van der Waals surface area contributed by atoms with E-state index in [0.717, 1.165) is 5.56 Å². The van der Waals surface area contributed by atoms with Crippen molar-refractivity contribution in [2.24, 2.45) is 5.92 Å². The van der Waals surface area contributed by atoms with Gasteiger partial charge in [0, 0.05) is 18.7 Å². The maximum atomic E-state index is 13.1. The monoisotopic (exact) mass is 380 g/mol. The number of aliphatic hydroxyl groups is 1.